The van der Waals surface area contributed by atoms with Gasteiger partial charge in [-0.2, -0.15) is 13.2 Å². The van der Waals surface area contributed by atoms with Gasteiger partial charge in [0.15, 0.2) is 5.78 Å². The normalized spacial score (nSPS) is 11.6. The van der Waals surface area contributed by atoms with Gasteiger partial charge in [-0.25, -0.2) is 0 Å². The number of rotatable bonds is 4. The summed E-state index contributed by atoms with van der Waals surface area (Å²) in [4.78, 5) is 11.7. The number of carbonyl (C=O) groups is 1. The third-order valence-corrected chi connectivity index (χ3v) is 3.66. The van der Waals surface area contributed by atoms with Gasteiger partial charge in [-0.3, -0.25) is 4.79 Å². The first-order valence-corrected chi connectivity index (χ1v) is 7.49. The maximum Gasteiger partial charge on any atom is 0.446 e. The summed E-state index contributed by atoms with van der Waals surface area (Å²) in [6, 6.07) is 4.38. The summed E-state index contributed by atoms with van der Waals surface area (Å²) in [7, 11) is 0. The molecule has 0 saturated carbocycles. The molecule has 1 aromatic carbocycles. The third kappa shape index (κ3) is 5.17. The van der Waals surface area contributed by atoms with Crippen LogP contribution in [-0.2, 0) is 0 Å². The predicted octanol–water partition coefficient (Wildman–Crippen LogP) is 4.87. The lowest BCUT2D eigenvalue weighted by Gasteiger charge is -2.10. The number of halogens is 5. The smallest absolute Gasteiger partial charge is 0.294 e. The van der Waals surface area contributed by atoms with Crippen molar-refractivity contribution in [3.8, 4) is 0 Å². The molecule has 0 radical (unpaired) electrons. The molecule has 0 saturated heterocycles. The Morgan fingerprint density at radius 2 is 2.06 bits per heavy atom. The molecule has 0 atom stereocenters. The Morgan fingerprint density at radius 3 is 2.59 bits per heavy atom. The van der Waals surface area contributed by atoms with Gasteiger partial charge < -0.3 is 0 Å². The highest BCUT2D eigenvalue weighted by molar-refractivity contribution is 14.1. The largest absolute Gasteiger partial charge is 0.446 e. The van der Waals surface area contributed by atoms with Crippen molar-refractivity contribution >= 4 is 56.1 Å². The van der Waals surface area contributed by atoms with E-state index < -0.39 is 5.51 Å². The molecule has 1 rings (SSSR count). The Hall–Kier alpha value is 0.240. The summed E-state index contributed by atoms with van der Waals surface area (Å²) in [6.07, 6.45) is 0.186. The molecule has 0 N–H and O–H groups in total. The van der Waals surface area contributed by atoms with Crippen LogP contribution in [0.5, 0.6) is 0 Å². The Kier molecular flexibility index (Phi) is 5.78. The number of hydrogen-bond donors (Lipinski definition) is 0. The van der Waals surface area contributed by atoms with Crippen LogP contribution in [0.2, 0.25) is 0 Å². The van der Waals surface area contributed by atoms with Crippen molar-refractivity contribution in [1.82, 2.24) is 0 Å². The number of benzene rings is 1. The zero-order chi connectivity index (χ0) is 13.1. The number of ketones is 1. The summed E-state index contributed by atoms with van der Waals surface area (Å²) < 4.78 is 37.7. The van der Waals surface area contributed by atoms with E-state index in [0.29, 0.717) is 5.33 Å². The average molecular weight is 439 g/mol. The molecular weight excluding hydrogens is 432 g/mol. The topological polar surface area (TPSA) is 17.1 Å². The summed E-state index contributed by atoms with van der Waals surface area (Å²) in [5, 5.41) is 0.438. The molecule has 0 spiro atoms. The van der Waals surface area contributed by atoms with Gasteiger partial charge >= 0.3 is 5.51 Å². The minimum atomic E-state index is -4.38. The van der Waals surface area contributed by atoms with E-state index in [9.17, 15) is 18.0 Å². The number of alkyl halides is 4. The van der Waals surface area contributed by atoms with Gasteiger partial charge in [-0.1, -0.05) is 15.9 Å². The third-order valence-electron chi connectivity index (χ3n) is 1.79. The molecule has 0 aliphatic rings. The van der Waals surface area contributed by atoms with Crippen LogP contribution < -0.4 is 0 Å². The van der Waals surface area contributed by atoms with Gasteiger partial charge in [0.25, 0.3) is 0 Å². The highest BCUT2D eigenvalue weighted by Crippen LogP contribution is 2.39. The van der Waals surface area contributed by atoms with Gasteiger partial charge in [0, 0.05) is 25.8 Å². The van der Waals surface area contributed by atoms with Crippen molar-refractivity contribution in [2.24, 2.45) is 0 Å². The molecule has 1 aromatic rings. The number of Topliss-reactive ketones (excluding diaryl/α,β-unsaturated/α-hetero) is 1. The summed E-state index contributed by atoms with van der Waals surface area (Å²) in [5.41, 5.74) is -4.24. The average Bonchev–Trinajstić information content (AvgIpc) is 2.19. The first-order valence-electron chi connectivity index (χ1n) is 4.48. The second-order valence-electron chi connectivity index (χ2n) is 3.05. The second kappa shape index (κ2) is 6.42. The van der Waals surface area contributed by atoms with Crippen molar-refractivity contribution in [3.05, 3.63) is 27.3 Å². The van der Waals surface area contributed by atoms with E-state index in [1.165, 1.54) is 12.1 Å². The molecule has 0 heterocycles. The van der Waals surface area contributed by atoms with E-state index in [2.05, 4.69) is 15.9 Å². The van der Waals surface area contributed by atoms with Crippen LogP contribution in [0.25, 0.3) is 0 Å². The van der Waals surface area contributed by atoms with Gasteiger partial charge in [0.1, 0.15) is 0 Å². The molecule has 7 heteroatoms. The second-order valence-corrected chi connectivity index (χ2v) is 6.20. The van der Waals surface area contributed by atoms with Crippen molar-refractivity contribution in [2.75, 3.05) is 5.33 Å². The van der Waals surface area contributed by atoms with E-state index in [-0.39, 0.29) is 34.4 Å². The van der Waals surface area contributed by atoms with Gasteiger partial charge in [0.2, 0.25) is 0 Å². The van der Waals surface area contributed by atoms with E-state index >= 15 is 0 Å². The summed E-state index contributed by atoms with van der Waals surface area (Å²) in [6.45, 7) is 0. The quantitative estimate of drug-likeness (QED) is 0.288. The Morgan fingerprint density at radius 1 is 1.41 bits per heavy atom. The fourth-order valence-electron chi connectivity index (χ4n) is 1.15. The SMILES string of the molecule is O=C(CCBr)c1cc(I)ccc1SC(F)(F)F. The molecular formula is C10H7BrF3IOS. The lowest BCUT2D eigenvalue weighted by molar-refractivity contribution is -0.0328. The first kappa shape index (κ1) is 15.3. The van der Waals surface area contributed by atoms with Crippen LogP contribution >= 0.6 is 50.3 Å². The molecule has 1 nitrogen and oxygen atoms in total. The maximum absolute atomic E-state index is 12.3. The van der Waals surface area contributed by atoms with Gasteiger partial charge in [0.05, 0.1) is 0 Å². The highest BCUT2D eigenvalue weighted by atomic mass is 127. The molecule has 0 aliphatic carbocycles. The number of carbonyl (C=O) groups excluding carboxylic acids is 1. The molecule has 94 valence electrons. The van der Waals surface area contributed by atoms with Gasteiger partial charge in [-0.15, -0.1) is 0 Å². The Balaban J connectivity index is 3.08. The fraction of sp³-hybridized carbons (Fsp3) is 0.300. The first-order chi connectivity index (χ1) is 7.83. The van der Waals surface area contributed by atoms with Crippen LogP contribution in [-0.4, -0.2) is 16.6 Å². The summed E-state index contributed by atoms with van der Waals surface area (Å²) >= 11 is 4.82. The molecule has 17 heavy (non-hydrogen) atoms. The lowest BCUT2D eigenvalue weighted by Crippen LogP contribution is -2.06. The molecule has 0 bridgehead atoms. The monoisotopic (exact) mass is 438 g/mol. The Bertz CT molecular complexity index is 423. The van der Waals surface area contributed by atoms with E-state index in [1.54, 1.807) is 6.07 Å². The highest BCUT2D eigenvalue weighted by Gasteiger charge is 2.31. The van der Waals surface area contributed by atoms with E-state index in [0.717, 1.165) is 3.57 Å². The minimum Gasteiger partial charge on any atom is -0.294 e. The van der Waals surface area contributed by atoms with Crippen molar-refractivity contribution in [2.45, 2.75) is 16.8 Å². The zero-order valence-electron chi connectivity index (χ0n) is 8.35. The van der Waals surface area contributed by atoms with Gasteiger partial charge in [-0.05, 0) is 52.6 Å². The molecule has 0 aliphatic heterocycles. The zero-order valence-corrected chi connectivity index (χ0v) is 12.9. The van der Waals surface area contributed by atoms with Crippen LogP contribution in [0.3, 0.4) is 0 Å². The molecule has 0 aromatic heterocycles. The molecule has 0 unspecified atom stereocenters. The van der Waals surface area contributed by atoms with E-state index in [4.69, 9.17) is 0 Å². The predicted molar refractivity (Wildman–Crippen MR) is 73.8 cm³/mol. The van der Waals surface area contributed by atoms with Crippen molar-refractivity contribution < 1.29 is 18.0 Å². The maximum atomic E-state index is 12.3. The van der Waals surface area contributed by atoms with Crippen molar-refractivity contribution in [3.63, 3.8) is 0 Å². The lowest BCUT2D eigenvalue weighted by atomic mass is 10.1. The minimum absolute atomic E-state index is 0.0381. The number of hydrogen-bond acceptors (Lipinski definition) is 2. The Labute approximate surface area is 123 Å². The number of thioether (sulfide) groups is 1. The molecule has 0 amide bonds. The van der Waals surface area contributed by atoms with E-state index in [1.807, 2.05) is 22.6 Å². The standard InChI is InChI=1S/C10H7BrF3IOS/c11-4-3-8(16)7-5-6(15)1-2-9(7)17-10(12,13)14/h1-2,5H,3-4H2. The molecule has 0 fully saturated rings. The van der Waals surface area contributed by atoms with Crippen LogP contribution in [0.4, 0.5) is 13.2 Å². The summed E-state index contributed by atoms with van der Waals surface area (Å²) in [5.74, 6) is -0.285. The van der Waals surface area contributed by atoms with Crippen LogP contribution in [0, 0.1) is 3.57 Å². The van der Waals surface area contributed by atoms with Crippen molar-refractivity contribution in [1.29, 1.82) is 0 Å². The fourth-order valence-corrected chi connectivity index (χ4v) is 2.67. The van der Waals surface area contributed by atoms with Crippen LogP contribution in [0.1, 0.15) is 16.8 Å². The van der Waals surface area contributed by atoms with Crippen LogP contribution in [0.15, 0.2) is 23.1 Å².